The summed E-state index contributed by atoms with van der Waals surface area (Å²) in [5, 5.41) is 5.70. The molecule has 1 aliphatic heterocycles. The first-order valence-electron chi connectivity index (χ1n) is 6.76. The largest absolute Gasteiger partial charge is 0.356 e. The van der Waals surface area contributed by atoms with Crippen LogP contribution in [0.1, 0.15) is 30.0 Å². The van der Waals surface area contributed by atoms with Crippen molar-refractivity contribution in [3.05, 3.63) is 16.1 Å². The average molecular weight is 302 g/mol. The van der Waals surface area contributed by atoms with Gasteiger partial charge in [0.05, 0.1) is 18.0 Å². The number of nitrogens with one attached hydrogen (secondary N) is 1. The van der Waals surface area contributed by atoms with Crippen LogP contribution in [0.2, 0.25) is 0 Å². The van der Waals surface area contributed by atoms with Crippen LogP contribution in [0.4, 0.5) is 0 Å². The molecule has 6 heteroatoms. The van der Waals surface area contributed by atoms with E-state index in [-0.39, 0.29) is 5.91 Å². The molecule has 19 heavy (non-hydrogen) atoms. The van der Waals surface area contributed by atoms with Crippen LogP contribution in [0.3, 0.4) is 0 Å². The lowest BCUT2D eigenvalue weighted by Crippen LogP contribution is -2.29. The van der Waals surface area contributed by atoms with E-state index in [9.17, 15) is 4.79 Å². The molecule has 0 spiro atoms. The van der Waals surface area contributed by atoms with Gasteiger partial charge in [-0.1, -0.05) is 0 Å². The van der Waals surface area contributed by atoms with Crippen LogP contribution in [-0.4, -0.2) is 42.0 Å². The van der Waals surface area contributed by atoms with Crippen LogP contribution in [0.5, 0.6) is 0 Å². The predicted octanol–water partition coefficient (Wildman–Crippen LogP) is 2.03. The van der Waals surface area contributed by atoms with Gasteiger partial charge >= 0.3 is 0 Å². The minimum absolute atomic E-state index is 0.0527. The summed E-state index contributed by atoms with van der Waals surface area (Å²) in [7, 11) is 0. The molecule has 2 rings (SSSR count). The average Bonchev–Trinajstić information content (AvgIpc) is 3.05. The molecule has 1 fully saturated rings. The number of thiazole rings is 1. The third-order valence-corrected chi connectivity index (χ3v) is 4.39. The Bertz CT molecular complexity index is 404. The lowest BCUT2D eigenvalue weighted by molar-refractivity contribution is -0.120. The Balaban J connectivity index is 1.58. The Morgan fingerprint density at radius 3 is 2.95 bits per heavy atom. The molecule has 0 atom stereocenters. The first kappa shape index (κ1) is 14.8. The van der Waals surface area contributed by atoms with Gasteiger partial charge in [0.15, 0.2) is 0 Å². The van der Waals surface area contributed by atoms with E-state index >= 15 is 0 Å². The smallest absolute Gasteiger partial charge is 0.226 e. The van der Waals surface area contributed by atoms with Gasteiger partial charge in [0.2, 0.25) is 5.91 Å². The second-order valence-electron chi connectivity index (χ2n) is 4.80. The Kier molecular flexibility index (Phi) is 6.07. The van der Waals surface area contributed by atoms with Crippen LogP contribution >= 0.6 is 22.9 Å². The normalized spacial score (nSPS) is 15.8. The molecule has 0 radical (unpaired) electrons. The summed E-state index contributed by atoms with van der Waals surface area (Å²) in [5.74, 6) is 0.463. The highest BCUT2D eigenvalue weighted by Crippen LogP contribution is 2.12. The van der Waals surface area contributed by atoms with Crippen LogP contribution in [0.15, 0.2) is 5.38 Å². The summed E-state index contributed by atoms with van der Waals surface area (Å²) < 4.78 is 0. The zero-order chi connectivity index (χ0) is 13.5. The van der Waals surface area contributed by atoms with Gasteiger partial charge in [0.25, 0.3) is 0 Å². The minimum Gasteiger partial charge on any atom is -0.356 e. The maximum atomic E-state index is 11.7. The van der Waals surface area contributed by atoms with E-state index in [2.05, 4.69) is 15.2 Å². The molecular formula is C13H20ClN3OS. The fraction of sp³-hybridized carbons (Fsp3) is 0.692. The first-order valence-corrected chi connectivity index (χ1v) is 8.17. The molecule has 1 N–H and O–H groups in total. The number of likely N-dealkylation sites (tertiary alicyclic amines) is 1. The number of rotatable bonds is 7. The molecule has 0 aromatic carbocycles. The summed E-state index contributed by atoms with van der Waals surface area (Å²) in [6.07, 6.45) is 4.03. The molecule has 106 valence electrons. The number of carbonyl (C=O) groups excluding carboxylic acids is 1. The number of alkyl halides is 1. The molecule has 1 aromatic heterocycles. The van der Waals surface area contributed by atoms with Crippen LogP contribution in [0.25, 0.3) is 0 Å². The summed E-state index contributed by atoms with van der Waals surface area (Å²) in [5.41, 5.74) is 0.850. The van der Waals surface area contributed by atoms with Crippen LogP contribution in [-0.2, 0) is 17.1 Å². The van der Waals surface area contributed by atoms with Crippen molar-refractivity contribution in [2.75, 3.05) is 26.2 Å². The number of nitrogens with zero attached hydrogens (tertiary/aromatic N) is 2. The molecule has 0 unspecified atom stereocenters. The van der Waals surface area contributed by atoms with Crippen molar-refractivity contribution in [1.82, 2.24) is 15.2 Å². The molecule has 1 aliphatic rings. The van der Waals surface area contributed by atoms with E-state index < -0.39 is 0 Å². The quantitative estimate of drug-likeness (QED) is 0.619. The molecule has 0 aliphatic carbocycles. The number of halogens is 1. The Hall–Kier alpha value is -0.650. The van der Waals surface area contributed by atoms with E-state index in [4.69, 9.17) is 11.6 Å². The van der Waals surface area contributed by atoms with E-state index in [0.717, 1.165) is 30.2 Å². The molecule has 1 amide bonds. The van der Waals surface area contributed by atoms with Crippen molar-refractivity contribution < 1.29 is 4.79 Å². The Morgan fingerprint density at radius 2 is 2.26 bits per heavy atom. The summed E-state index contributed by atoms with van der Waals surface area (Å²) in [6, 6.07) is 0. The SMILES string of the molecule is O=C(Cc1nc(CCl)cs1)NCCCN1CCCC1. The zero-order valence-corrected chi connectivity index (χ0v) is 12.6. The molecule has 2 heterocycles. The lowest BCUT2D eigenvalue weighted by Gasteiger charge is -2.14. The first-order chi connectivity index (χ1) is 9.28. The second-order valence-corrected chi connectivity index (χ2v) is 6.01. The van der Waals surface area contributed by atoms with Gasteiger partial charge in [-0.15, -0.1) is 22.9 Å². The fourth-order valence-corrected chi connectivity index (χ4v) is 3.25. The predicted molar refractivity (Wildman–Crippen MR) is 78.7 cm³/mol. The third-order valence-electron chi connectivity index (χ3n) is 3.22. The lowest BCUT2D eigenvalue weighted by atomic mass is 10.3. The number of carbonyl (C=O) groups is 1. The van der Waals surface area contributed by atoms with Crippen molar-refractivity contribution in [3.8, 4) is 0 Å². The summed E-state index contributed by atoms with van der Waals surface area (Å²) in [6.45, 7) is 4.28. The van der Waals surface area contributed by atoms with Gasteiger partial charge in [-0.05, 0) is 38.9 Å². The molecule has 1 saturated heterocycles. The Labute approximate surface area is 123 Å². The monoisotopic (exact) mass is 301 g/mol. The highest BCUT2D eigenvalue weighted by molar-refractivity contribution is 7.09. The van der Waals surface area contributed by atoms with Crippen molar-refractivity contribution in [2.24, 2.45) is 0 Å². The van der Waals surface area contributed by atoms with Gasteiger partial charge in [-0.25, -0.2) is 4.98 Å². The fourth-order valence-electron chi connectivity index (χ4n) is 2.23. The highest BCUT2D eigenvalue weighted by Gasteiger charge is 2.11. The number of aromatic nitrogens is 1. The maximum Gasteiger partial charge on any atom is 0.226 e. The minimum atomic E-state index is 0.0527. The molecule has 1 aromatic rings. The van der Waals surface area contributed by atoms with E-state index in [0.29, 0.717) is 12.3 Å². The van der Waals surface area contributed by atoms with Gasteiger partial charge in [0, 0.05) is 11.9 Å². The highest BCUT2D eigenvalue weighted by atomic mass is 35.5. The number of hydrogen-bond acceptors (Lipinski definition) is 4. The van der Waals surface area contributed by atoms with E-state index in [1.807, 2.05) is 5.38 Å². The van der Waals surface area contributed by atoms with Gasteiger partial charge in [-0.3, -0.25) is 4.79 Å². The summed E-state index contributed by atoms with van der Waals surface area (Å²) >= 11 is 7.18. The van der Waals surface area contributed by atoms with Gasteiger partial charge in [-0.2, -0.15) is 0 Å². The second kappa shape index (κ2) is 7.82. The van der Waals surface area contributed by atoms with Gasteiger partial charge in [0.1, 0.15) is 5.01 Å². The van der Waals surface area contributed by atoms with E-state index in [1.54, 1.807) is 0 Å². The van der Waals surface area contributed by atoms with Crippen molar-refractivity contribution in [3.63, 3.8) is 0 Å². The zero-order valence-electron chi connectivity index (χ0n) is 11.0. The maximum absolute atomic E-state index is 11.7. The number of hydrogen-bond donors (Lipinski definition) is 1. The van der Waals surface area contributed by atoms with Crippen molar-refractivity contribution in [1.29, 1.82) is 0 Å². The standard InChI is InChI=1S/C13H20ClN3OS/c14-9-11-10-19-13(16-11)8-12(18)15-4-3-7-17-5-1-2-6-17/h10H,1-9H2,(H,15,18). The molecule has 0 bridgehead atoms. The van der Waals surface area contributed by atoms with Crippen LogP contribution < -0.4 is 5.32 Å². The van der Waals surface area contributed by atoms with Crippen LogP contribution in [0, 0.1) is 0 Å². The van der Waals surface area contributed by atoms with Crippen molar-refractivity contribution >= 4 is 28.8 Å². The molecule has 4 nitrogen and oxygen atoms in total. The Morgan fingerprint density at radius 1 is 1.47 bits per heavy atom. The van der Waals surface area contributed by atoms with E-state index in [1.165, 1.54) is 37.3 Å². The topological polar surface area (TPSA) is 45.2 Å². The summed E-state index contributed by atoms with van der Waals surface area (Å²) in [4.78, 5) is 18.5. The molecule has 0 saturated carbocycles. The van der Waals surface area contributed by atoms with Gasteiger partial charge < -0.3 is 10.2 Å². The third kappa shape index (κ3) is 5.09. The number of amides is 1. The van der Waals surface area contributed by atoms with Crippen molar-refractivity contribution in [2.45, 2.75) is 31.6 Å². The molecular weight excluding hydrogens is 282 g/mol.